The summed E-state index contributed by atoms with van der Waals surface area (Å²) in [5.74, 6) is -0.292. The van der Waals surface area contributed by atoms with Crippen LogP contribution in [0.3, 0.4) is 0 Å². The molecule has 2 amide bonds. The van der Waals surface area contributed by atoms with Crippen molar-refractivity contribution in [2.24, 2.45) is 11.7 Å². The van der Waals surface area contributed by atoms with Crippen LogP contribution in [0, 0.1) is 5.92 Å². The lowest BCUT2D eigenvalue weighted by Crippen LogP contribution is -2.49. The predicted molar refractivity (Wildman–Crippen MR) is 122 cm³/mol. The van der Waals surface area contributed by atoms with Gasteiger partial charge in [-0.05, 0) is 50.8 Å². The van der Waals surface area contributed by atoms with E-state index in [4.69, 9.17) is 10.5 Å². The van der Waals surface area contributed by atoms with Crippen molar-refractivity contribution in [3.63, 3.8) is 0 Å². The molecule has 6 nitrogen and oxygen atoms in total. The standard InChI is InChI=1S/C25H33N3O3/c1-24(2,3)31-23(30)27-15-17-28-16-14-21(18-28)25(22(26)29,19-10-6-4-7-11-19)20-12-8-5-9-13-20/h4-13,21H,14-18H2,1-3H3,(H2,26,29)(H,27,30). The van der Waals surface area contributed by atoms with Gasteiger partial charge in [-0.2, -0.15) is 0 Å². The molecule has 1 fully saturated rings. The highest BCUT2D eigenvalue weighted by atomic mass is 16.6. The first-order valence-electron chi connectivity index (χ1n) is 10.8. The fourth-order valence-electron chi connectivity index (χ4n) is 4.55. The van der Waals surface area contributed by atoms with Crippen LogP contribution in [-0.4, -0.2) is 48.7 Å². The summed E-state index contributed by atoms with van der Waals surface area (Å²) in [5.41, 5.74) is 6.56. The lowest BCUT2D eigenvalue weighted by Gasteiger charge is -2.37. The number of benzene rings is 2. The average molecular weight is 424 g/mol. The topological polar surface area (TPSA) is 84.7 Å². The normalized spacial score (nSPS) is 17.3. The quantitative estimate of drug-likeness (QED) is 0.716. The van der Waals surface area contributed by atoms with E-state index < -0.39 is 17.1 Å². The molecule has 1 unspecified atom stereocenters. The van der Waals surface area contributed by atoms with Gasteiger partial charge in [0.05, 0.1) is 0 Å². The van der Waals surface area contributed by atoms with Crippen LogP contribution < -0.4 is 11.1 Å². The third kappa shape index (κ3) is 5.25. The number of ether oxygens (including phenoxy) is 1. The van der Waals surface area contributed by atoms with E-state index in [9.17, 15) is 9.59 Å². The molecule has 1 aliphatic rings. The van der Waals surface area contributed by atoms with Crippen molar-refractivity contribution >= 4 is 12.0 Å². The van der Waals surface area contributed by atoms with Gasteiger partial charge >= 0.3 is 6.09 Å². The number of rotatable bonds is 7. The molecule has 0 aromatic heterocycles. The monoisotopic (exact) mass is 423 g/mol. The molecule has 3 rings (SSSR count). The van der Waals surface area contributed by atoms with E-state index in [-0.39, 0.29) is 11.8 Å². The number of carbonyl (C=O) groups excluding carboxylic acids is 2. The summed E-state index contributed by atoms with van der Waals surface area (Å²) >= 11 is 0. The first-order valence-corrected chi connectivity index (χ1v) is 10.8. The molecular formula is C25H33N3O3. The molecule has 0 spiro atoms. The number of hydrogen-bond donors (Lipinski definition) is 2. The Morgan fingerprint density at radius 1 is 1.03 bits per heavy atom. The highest BCUT2D eigenvalue weighted by molar-refractivity contribution is 5.91. The third-order valence-electron chi connectivity index (χ3n) is 5.83. The summed E-state index contributed by atoms with van der Waals surface area (Å²) in [6.07, 6.45) is 0.433. The summed E-state index contributed by atoms with van der Waals surface area (Å²) in [4.78, 5) is 27.3. The maximum absolute atomic E-state index is 13.1. The van der Waals surface area contributed by atoms with Crippen LogP contribution in [0.2, 0.25) is 0 Å². The van der Waals surface area contributed by atoms with E-state index in [1.807, 2.05) is 81.4 Å². The predicted octanol–water partition coefficient (Wildman–Crippen LogP) is 3.30. The highest BCUT2D eigenvalue weighted by Crippen LogP contribution is 2.43. The number of primary amides is 1. The minimum Gasteiger partial charge on any atom is -0.444 e. The maximum atomic E-state index is 13.1. The first-order chi connectivity index (χ1) is 14.7. The van der Waals surface area contributed by atoms with Gasteiger partial charge in [0.2, 0.25) is 5.91 Å². The Labute approximate surface area is 184 Å². The molecule has 1 aliphatic heterocycles. The number of hydrogen-bond acceptors (Lipinski definition) is 4. The Balaban J connectivity index is 1.76. The molecular weight excluding hydrogens is 390 g/mol. The largest absolute Gasteiger partial charge is 0.444 e. The number of alkyl carbamates (subject to hydrolysis) is 1. The zero-order valence-electron chi connectivity index (χ0n) is 18.6. The maximum Gasteiger partial charge on any atom is 0.407 e. The second-order valence-corrected chi connectivity index (χ2v) is 9.12. The number of nitrogens with one attached hydrogen (secondary N) is 1. The van der Waals surface area contributed by atoms with Crippen LogP contribution in [-0.2, 0) is 14.9 Å². The van der Waals surface area contributed by atoms with Crippen LogP contribution in [0.1, 0.15) is 38.3 Å². The Morgan fingerprint density at radius 3 is 2.06 bits per heavy atom. The Hall–Kier alpha value is -2.86. The fraction of sp³-hybridized carbons (Fsp3) is 0.440. The van der Waals surface area contributed by atoms with Crippen molar-refractivity contribution in [1.82, 2.24) is 10.2 Å². The summed E-state index contributed by atoms with van der Waals surface area (Å²) < 4.78 is 5.30. The van der Waals surface area contributed by atoms with Crippen molar-refractivity contribution in [3.8, 4) is 0 Å². The van der Waals surface area contributed by atoms with E-state index >= 15 is 0 Å². The van der Waals surface area contributed by atoms with Crippen molar-refractivity contribution in [1.29, 1.82) is 0 Å². The number of carbonyl (C=O) groups is 2. The number of nitrogens with zero attached hydrogens (tertiary/aromatic N) is 1. The van der Waals surface area contributed by atoms with Gasteiger partial charge in [-0.3, -0.25) is 4.79 Å². The van der Waals surface area contributed by atoms with Crippen LogP contribution in [0.4, 0.5) is 4.79 Å². The molecule has 166 valence electrons. The molecule has 1 heterocycles. The summed E-state index contributed by atoms with van der Waals surface area (Å²) in [6.45, 7) is 8.27. The van der Waals surface area contributed by atoms with Gasteiger partial charge < -0.3 is 20.7 Å². The van der Waals surface area contributed by atoms with Crippen LogP contribution in [0.15, 0.2) is 60.7 Å². The molecule has 2 aromatic carbocycles. The molecule has 0 bridgehead atoms. The summed E-state index contributed by atoms with van der Waals surface area (Å²) in [6, 6.07) is 19.7. The lowest BCUT2D eigenvalue weighted by molar-refractivity contribution is -0.123. The van der Waals surface area contributed by atoms with Crippen molar-refractivity contribution < 1.29 is 14.3 Å². The lowest BCUT2D eigenvalue weighted by atomic mass is 9.64. The molecule has 1 atom stereocenters. The molecule has 0 saturated carbocycles. The zero-order chi connectivity index (χ0) is 22.5. The van der Waals surface area contributed by atoms with Gasteiger partial charge in [0.1, 0.15) is 11.0 Å². The molecule has 2 aromatic rings. The first kappa shape index (κ1) is 22.8. The van der Waals surface area contributed by atoms with Gasteiger partial charge in [-0.1, -0.05) is 60.7 Å². The molecule has 0 aliphatic carbocycles. The fourth-order valence-corrected chi connectivity index (χ4v) is 4.55. The Kier molecular flexibility index (Phi) is 7.01. The van der Waals surface area contributed by atoms with Gasteiger partial charge in [-0.15, -0.1) is 0 Å². The molecule has 31 heavy (non-hydrogen) atoms. The second-order valence-electron chi connectivity index (χ2n) is 9.12. The van der Waals surface area contributed by atoms with Gasteiger partial charge in [0.15, 0.2) is 0 Å². The van der Waals surface area contributed by atoms with Crippen LogP contribution in [0.25, 0.3) is 0 Å². The van der Waals surface area contributed by atoms with E-state index in [1.165, 1.54) is 0 Å². The number of nitrogens with two attached hydrogens (primary N) is 1. The van der Waals surface area contributed by atoms with E-state index in [2.05, 4.69) is 10.2 Å². The van der Waals surface area contributed by atoms with Crippen LogP contribution >= 0.6 is 0 Å². The van der Waals surface area contributed by atoms with E-state index in [1.54, 1.807) is 0 Å². The minimum atomic E-state index is -0.893. The van der Waals surface area contributed by atoms with Crippen LogP contribution in [0.5, 0.6) is 0 Å². The molecule has 1 saturated heterocycles. The van der Waals surface area contributed by atoms with Crippen molar-refractivity contribution in [3.05, 3.63) is 71.8 Å². The molecule has 3 N–H and O–H groups in total. The van der Waals surface area contributed by atoms with Gasteiger partial charge in [0, 0.05) is 19.6 Å². The van der Waals surface area contributed by atoms with E-state index in [0.717, 1.165) is 30.6 Å². The van der Waals surface area contributed by atoms with Gasteiger partial charge in [0.25, 0.3) is 0 Å². The second kappa shape index (κ2) is 9.52. The zero-order valence-corrected chi connectivity index (χ0v) is 18.6. The van der Waals surface area contributed by atoms with E-state index in [0.29, 0.717) is 13.1 Å². The Bertz CT molecular complexity index is 838. The molecule has 0 radical (unpaired) electrons. The number of amides is 2. The molecule has 6 heteroatoms. The smallest absolute Gasteiger partial charge is 0.407 e. The third-order valence-corrected chi connectivity index (χ3v) is 5.83. The summed E-state index contributed by atoms with van der Waals surface area (Å²) in [5, 5.41) is 2.81. The van der Waals surface area contributed by atoms with Crippen molar-refractivity contribution in [2.75, 3.05) is 26.2 Å². The minimum absolute atomic E-state index is 0.0383. The highest BCUT2D eigenvalue weighted by Gasteiger charge is 2.49. The summed E-state index contributed by atoms with van der Waals surface area (Å²) in [7, 11) is 0. The number of likely N-dealkylation sites (tertiary alicyclic amines) is 1. The van der Waals surface area contributed by atoms with Gasteiger partial charge in [-0.25, -0.2) is 4.79 Å². The SMILES string of the molecule is CC(C)(C)OC(=O)NCCN1CCC(C(C(N)=O)(c2ccccc2)c2ccccc2)C1. The Morgan fingerprint density at radius 2 is 1.58 bits per heavy atom. The average Bonchev–Trinajstić information content (AvgIpc) is 3.17. The van der Waals surface area contributed by atoms with Crippen molar-refractivity contribution in [2.45, 2.75) is 38.2 Å².